The smallest absolute Gasteiger partial charge is 0.307 e. The molecule has 0 spiro atoms. The molecule has 2 aliphatic rings. The van der Waals surface area contributed by atoms with Crippen LogP contribution >= 0.6 is 0 Å². The Morgan fingerprint density at radius 3 is 2.33 bits per heavy atom. The van der Waals surface area contributed by atoms with Gasteiger partial charge in [-0.15, -0.1) is 0 Å². The molecule has 0 heterocycles. The Morgan fingerprint density at radius 1 is 1.14 bits per heavy atom. The average molecular weight is 291 g/mol. The number of nitriles is 1. The van der Waals surface area contributed by atoms with Crippen LogP contribution in [0.4, 0.5) is 0 Å². The van der Waals surface area contributed by atoms with Crippen molar-refractivity contribution in [2.75, 3.05) is 0 Å². The summed E-state index contributed by atoms with van der Waals surface area (Å²) in [4.78, 5) is 11.8. The molecule has 0 bridgehead atoms. The molecule has 3 heteroatoms. The van der Waals surface area contributed by atoms with E-state index >= 15 is 0 Å². The maximum absolute atomic E-state index is 11.8. The van der Waals surface area contributed by atoms with Crippen molar-refractivity contribution in [3.8, 4) is 6.07 Å². The third-order valence-electron chi connectivity index (χ3n) is 5.40. The van der Waals surface area contributed by atoms with Gasteiger partial charge in [0.2, 0.25) is 0 Å². The van der Waals surface area contributed by atoms with Crippen LogP contribution in [0.2, 0.25) is 0 Å². The molecule has 0 radical (unpaired) electrons. The third-order valence-corrected chi connectivity index (χ3v) is 5.40. The van der Waals surface area contributed by atoms with E-state index in [2.05, 4.69) is 13.0 Å². The second-order valence-electron chi connectivity index (χ2n) is 6.92. The fourth-order valence-corrected chi connectivity index (χ4v) is 4.01. The number of ether oxygens (including phenoxy) is 1. The SMILES string of the molecule is CCCCC(=O)O[C@]1(C#N)CC[C@@H](C2CCCCC2)CC1. The summed E-state index contributed by atoms with van der Waals surface area (Å²) < 4.78 is 5.57. The highest BCUT2D eigenvalue weighted by Crippen LogP contribution is 2.42. The molecule has 21 heavy (non-hydrogen) atoms. The number of carbonyl (C=O) groups excluding carboxylic acids is 1. The molecular formula is C18H29NO2. The Hall–Kier alpha value is -1.04. The lowest BCUT2D eigenvalue weighted by molar-refractivity contribution is -0.158. The molecule has 0 unspecified atom stereocenters. The van der Waals surface area contributed by atoms with Gasteiger partial charge >= 0.3 is 5.97 Å². The molecule has 0 aliphatic heterocycles. The molecule has 3 nitrogen and oxygen atoms in total. The van der Waals surface area contributed by atoms with Crippen molar-refractivity contribution in [2.24, 2.45) is 11.8 Å². The van der Waals surface area contributed by atoms with Crippen molar-refractivity contribution in [3.05, 3.63) is 0 Å². The molecule has 0 atom stereocenters. The van der Waals surface area contributed by atoms with Crippen LogP contribution in [0.15, 0.2) is 0 Å². The van der Waals surface area contributed by atoms with Gasteiger partial charge in [0.25, 0.3) is 0 Å². The first kappa shape index (κ1) is 16.3. The Bertz CT molecular complexity index is 371. The van der Waals surface area contributed by atoms with Crippen LogP contribution in [-0.2, 0) is 9.53 Å². The maximum Gasteiger partial charge on any atom is 0.307 e. The van der Waals surface area contributed by atoms with Gasteiger partial charge in [-0.05, 0) is 31.1 Å². The summed E-state index contributed by atoms with van der Waals surface area (Å²) in [5.41, 5.74) is -0.823. The van der Waals surface area contributed by atoms with Crippen LogP contribution in [-0.4, -0.2) is 11.6 Å². The van der Waals surface area contributed by atoms with Crippen LogP contribution in [0.3, 0.4) is 0 Å². The van der Waals surface area contributed by atoms with Gasteiger partial charge in [0.1, 0.15) is 6.07 Å². The number of hydrogen-bond donors (Lipinski definition) is 0. The molecule has 2 aliphatic carbocycles. The van der Waals surface area contributed by atoms with Crippen molar-refractivity contribution in [1.29, 1.82) is 5.26 Å². The van der Waals surface area contributed by atoms with Gasteiger partial charge in [-0.2, -0.15) is 5.26 Å². The van der Waals surface area contributed by atoms with Gasteiger partial charge in [-0.1, -0.05) is 45.4 Å². The van der Waals surface area contributed by atoms with Crippen LogP contribution in [0.1, 0.15) is 84.0 Å². The van der Waals surface area contributed by atoms with E-state index in [9.17, 15) is 10.1 Å². The molecule has 2 fully saturated rings. The lowest BCUT2D eigenvalue weighted by Crippen LogP contribution is -2.39. The summed E-state index contributed by atoms with van der Waals surface area (Å²) in [6.45, 7) is 2.06. The van der Waals surface area contributed by atoms with E-state index in [1.54, 1.807) is 0 Å². The topological polar surface area (TPSA) is 50.1 Å². The quantitative estimate of drug-likeness (QED) is 0.687. The first-order chi connectivity index (χ1) is 10.2. The van der Waals surface area contributed by atoms with Gasteiger partial charge in [0, 0.05) is 19.3 Å². The Kier molecular flexibility index (Phi) is 6.08. The molecule has 118 valence electrons. The second kappa shape index (κ2) is 7.82. The van der Waals surface area contributed by atoms with Crippen molar-refractivity contribution >= 4 is 5.97 Å². The maximum atomic E-state index is 11.8. The summed E-state index contributed by atoms with van der Waals surface area (Å²) in [5.74, 6) is 1.42. The highest BCUT2D eigenvalue weighted by atomic mass is 16.6. The van der Waals surface area contributed by atoms with Crippen molar-refractivity contribution in [2.45, 2.75) is 89.6 Å². The first-order valence-corrected chi connectivity index (χ1v) is 8.82. The summed E-state index contributed by atoms with van der Waals surface area (Å²) >= 11 is 0. The van der Waals surface area contributed by atoms with E-state index < -0.39 is 5.60 Å². The van der Waals surface area contributed by atoms with Crippen LogP contribution in [0.25, 0.3) is 0 Å². The monoisotopic (exact) mass is 291 g/mol. The summed E-state index contributed by atoms with van der Waals surface area (Å²) in [6, 6.07) is 2.31. The lowest BCUT2D eigenvalue weighted by atomic mass is 9.70. The minimum Gasteiger partial charge on any atom is -0.444 e. The van der Waals surface area contributed by atoms with Crippen molar-refractivity contribution < 1.29 is 9.53 Å². The summed E-state index contributed by atoms with van der Waals surface area (Å²) in [5, 5.41) is 9.49. The van der Waals surface area contributed by atoms with Gasteiger partial charge in [0.15, 0.2) is 5.60 Å². The average Bonchev–Trinajstić information content (AvgIpc) is 2.54. The molecule has 0 amide bonds. The van der Waals surface area contributed by atoms with Crippen molar-refractivity contribution in [1.82, 2.24) is 0 Å². The van der Waals surface area contributed by atoms with Gasteiger partial charge < -0.3 is 4.74 Å². The Balaban J connectivity index is 1.84. The number of unbranched alkanes of at least 4 members (excludes halogenated alkanes) is 1. The molecular weight excluding hydrogens is 262 g/mol. The number of hydrogen-bond acceptors (Lipinski definition) is 3. The molecule has 2 saturated carbocycles. The van der Waals surface area contributed by atoms with E-state index in [0.29, 0.717) is 6.42 Å². The predicted octanol–water partition coefficient (Wildman–Crippen LogP) is 4.75. The fourth-order valence-electron chi connectivity index (χ4n) is 4.01. The van der Waals surface area contributed by atoms with Gasteiger partial charge in [0.05, 0.1) is 0 Å². The zero-order chi connectivity index (χ0) is 15.1. The highest BCUT2D eigenvalue weighted by Gasteiger charge is 2.40. The Labute approximate surface area is 129 Å². The second-order valence-corrected chi connectivity index (χ2v) is 6.92. The third kappa shape index (κ3) is 4.46. The van der Waals surface area contributed by atoms with Gasteiger partial charge in [-0.3, -0.25) is 4.79 Å². The molecule has 0 N–H and O–H groups in total. The first-order valence-electron chi connectivity index (χ1n) is 8.82. The van der Waals surface area contributed by atoms with Crippen molar-refractivity contribution in [3.63, 3.8) is 0 Å². The molecule has 0 aromatic heterocycles. The summed E-state index contributed by atoms with van der Waals surface area (Å²) in [7, 11) is 0. The van der Waals surface area contributed by atoms with E-state index in [4.69, 9.17) is 4.74 Å². The van der Waals surface area contributed by atoms with Crippen LogP contribution in [0, 0.1) is 23.2 Å². The van der Waals surface area contributed by atoms with E-state index in [0.717, 1.165) is 50.4 Å². The minimum absolute atomic E-state index is 0.186. The molecule has 0 aromatic carbocycles. The standard InChI is InChI=1S/C18H29NO2/c1-2-3-9-17(20)21-18(14-19)12-10-16(11-13-18)15-7-5-4-6-8-15/h15-16H,2-13H2,1H3/t16-,18-. The molecule has 2 rings (SSSR count). The van der Waals surface area contributed by atoms with Crippen LogP contribution < -0.4 is 0 Å². The zero-order valence-corrected chi connectivity index (χ0v) is 13.4. The van der Waals surface area contributed by atoms with E-state index in [-0.39, 0.29) is 5.97 Å². The summed E-state index contributed by atoms with van der Waals surface area (Å²) in [6.07, 6.45) is 12.7. The highest BCUT2D eigenvalue weighted by molar-refractivity contribution is 5.70. The van der Waals surface area contributed by atoms with E-state index in [1.807, 2.05) is 0 Å². The predicted molar refractivity (Wildman–Crippen MR) is 82.5 cm³/mol. The number of carbonyl (C=O) groups is 1. The molecule has 0 aromatic rings. The van der Waals surface area contributed by atoms with Crippen LogP contribution in [0.5, 0.6) is 0 Å². The molecule has 0 saturated heterocycles. The normalized spacial score (nSPS) is 30.6. The zero-order valence-electron chi connectivity index (χ0n) is 13.4. The number of rotatable bonds is 5. The number of nitrogens with zero attached hydrogens (tertiary/aromatic N) is 1. The largest absolute Gasteiger partial charge is 0.444 e. The Morgan fingerprint density at radius 2 is 1.76 bits per heavy atom. The van der Waals surface area contributed by atoms with Gasteiger partial charge in [-0.25, -0.2) is 0 Å². The lowest BCUT2D eigenvalue weighted by Gasteiger charge is -2.39. The fraction of sp³-hybridized carbons (Fsp3) is 0.889. The minimum atomic E-state index is -0.823. The number of esters is 1. The van der Waals surface area contributed by atoms with E-state index in [1.165, 1.54) is 32.1 Å².